The van der Waals surface area contributed by atoms with Gasteiger partial charge in [0.2, 0.25) is 0 Å². The highest BCUT2D eigenvalue weighted by molar-refractivity contribution is 6.36. The fourth-order valence-corrected chi connectivity index (χ4v) is 4.83. The Morgan fingerprint density at radius 2 is 1.35 bits per heavy atom. The quantitative estimate of drug-likeness (QED) is 0.248. The minimum atomic E-state index is -1.13. The Morgan fingerprint density at radius 3 is 1.90 bits per heavy atom. The van der Waals surface area contributed by atoms with Gasteiger partial charge in [-0.05, 0) is 24.6 Å². The van der Waals surface area contributed by atoms with Crippen molar-refractivity contribution < 1.29 is 28.7 Å². The number of para-hydroxylation sites is 1. The molecule has 3 aromatic carbocycles. The lowest BCUT2D eigenvalue weighted by atomic mass is 9.81. The third kappa shape index (κ3) is 5.54. The molecule has 1 atom stereocenters. The van der Waals surface area contributed by atoms with Crippen LogP contribution in [0.5, 0.6) is 5.75 Å². The maximum absolute atomic E-state index is 12.4. The molecule has 0 aliphatic heterocycles. The Balaban J connectivity index is 0.000000194. The highest BCUT2D eigenvalue weighted by Gasteiger charge is 2.46. The molecule has 0 saturated carbocycles. The maximum Gasteiger partial charge on any atom is 0.343 e. The van der Waals surface area contributed by atoms with Crippen molar-refractivity contribution >= 4 is 34.1 Å². The fraction of sp³-hybridized carbons (Fsp3) is 0.242. The Kier molecular flexibility index (Phi) is 7.96. The average Bonchev–Trinajstić information content (AvgIpc) is 3.17. The van der Waals surface area contributed by atoms with E-state index in [2.05, 4.69) is 0 Å². The highest BCUT2D eigenvalue weighted by Crippen LogP contribution is 2.36. The fourth-order valence-electron chi connectivity index (χ4n) is 4.83. The van der Waals surface area contributed by atoms with Gasteiger partial charge in [0.25, 0.3) is 0 Å². The molecule has 40 heavy (non-hydrogen) atoms. The van der Waals surface area contributed by atoms with Crippen molar-refractivity contribution in [2.45, 2.75) is 40.0 Å². The van der Waals surface area contributed by atoms with Crippen LogP contribution in [0, 0.1) is 11.3 Å². The Morgan fingerprint density at radius 1 is 0.825 bits per heavy atom. The van der Waals surface area contributed by atoms with Crippen molar-refractivity contribution in [3.63, 3.8) is 0 Å². The number of benzene rings is 3. The summed E-state index contributed by atoms with van der Waals surface area (Å²) < 4.78 is 5.33. The van der Waals surface area contributed by atoms with Crippen LogP contribution in [0.25, 0.3) is 11.0 Å². The number of ketones is 4. The molecule has 7 nitrogen and oxygen atoms in total. The van der Waals surface area contributed by atoms with Crippen molar-refractivity contribution in [3.8, 4) is 5.75 Å². The van der Waals surface area contributed by atoms with Gasteiger partial charge < -0.3 is 9.52 Å². The summed E-state index contributed by atoms with van der Waals surface area (Å²) in [4.78, 5) is 60.3. The highest BCUT2D eigenvalue weighted by atomic mass is 16.4. The molecular formula is C33H30O7. The minimum absolute atomic E-state index is 0.0641. The first-order valence-corrected chi connectivity index (χ1v) is 12.9. The van der Waals surface area contributed by atoms with E-state index in [-0.39, 0.29) is 40.9 Å². The van der Waals surface area contributed by atoms with Crippen molar-refractivity contribution in [3.05, 3.63) is 112 Å². The molecule has 0 radical (unpaired) electrons. The molecule has 1 N–H and O–H groups in total. The summed E-state index contributed by atoms with van der Waals surface area (Å²) in [5.41, 5.74) is 0.702. The van der Waals surface area contributed by atoms with E-state index in [4.69, 9.17) is 4.42 Å². The molecule has 1 aromatic heterocycles. The Hall–Kier alpha value is -4.65. The van der Waals surface area contributed by atoms with E-state index in [9.17, 15) is 29.1 Å². The summed E-state index contributed by atoms with van der Waals surface area (Å²) in [6, 6.07) is 22.6. The van der Waals surface area contributed by atoms with Gasteiger partial charge in [-0.1, -0.05) is 87.5 Å². The molecule has 0 fully saturated rings. The molecule has 1 aliphatic carbocycles. The van der Waals surface area contributed by atoms with Crippen molar-refractivity contribution in [1.82, 2.24) is 0 Å². The van der Waals surface area contributed by atoms with Gasteiger partial charge in [-0.15, -0.1) is 0 Å². The zero-order valence-corrected chi connectivity index (χ0v) is 22.8. The third-order valence-corrected chi connectivity index (χ3v) is 6.85. The maximum atomic E-state index is 12.4. The number of hydrogen-bond acceptors (Lipinski definition) is 7. The van der Waals surface area contributed by atoms with E-state index in [1.54, 1.807) is 69.3 Å². The molecule has 1 aliphatic rings. The molecule has 4 aromatic rings. The van der Waals surface area contributed by atoms with Crippen molar-refractivity contribution in [2.75, 3.05) is 0 Å². The first-order chi connectivity index (χ1) is 18.9. The van der Waals surface area contributed by atoms with E-state index >= 15 is 0 Å². The lowest BCUT2D eigenvalue weighted by molar-refractivity contribution is -0.127. The van der Waals surface area contributed by atoms with Crippen LogP contribution in [0.15, 0.2) is 88.1 Å². The Labute approximate surface area is 231 Å². The van der Waals surface area contributed by atoms with E-state index in [1.165, 1.54) is 6.92 Å². The Bertz CT molecular complexity index is 1640. The van der Waals surface area contributed by atoms with E-state index in [0.29, 0.717) is 22.1 Å². The smallest absolute Gasteiger partial charge is 0.343 e. The molecule has 0 bridgehead atoms. The van der Waals surface area contributed by atoms with Crippen LogP contribution in [0.4, 0.5) is 0 Å². The zero-order chi connectivity index (χ0) is 29.2. The van der Waals surface area contributed by atoms with Crippen LogP contribution in [0.3, 0.4) is 0 Å². The van der Waals surface area contributed by atoms with E-state index in [1.807, 2.05) is 30.3 Å². The van der Waals surface area contributed by atoms with E-state index in [0.717, 1.165) is 5.56 Å². The normalized spacial score (nSPS) is 13.9. The number of hydrogen-bond donors (Lipinski definition) is 1. The van der Waals surface area contributed by atoms with Crippen LogP contribution in [0.1, 0.15) is 71.9 Å². The van der Waals surface area contributed by atoms with Gasteiger partial charge in [-0.25, -0.2) is 4.79 Å². The largest absolute Gasteiger partial charge is 0.507 e. The molecule has 5 rings (SSSR count). The molecule has 0 amide bonds. The van der Waals surface area contributed by atoms with E-state index < -0.39 is 22.9 Å². The van der Waals surface area contributed by atoms with Crippen LogP contribution in [-0.2, 0) is 9.59 Å². The predicted molar refractivity (Wildman–Crippen MR) is 151 cm³/mol. The van der Waals surface area contributed by atoms with Crippen LogP contribution < -0.4 is 5.63 Å². The molecule has 7 heteroatoms. The summed E-state index contributed by atoms with van der Waals surface area (Å²) in [5.74, 6) is -2.86. The predicted octanol–water partition coefficient (Wildman–Crippen LogP) is 5.91. The van der Waals surface area contributed by atoms with Gasteiger partial charge in [0.1, 0.15) is 23.0 Å². The second kappa shape index (κ2) is 11.2. The first kappa shape index (κ1) is 28.4. The van der Waals surface area contributed by atoms with Gasteiger partial charge in [-0.3, -0.25) is 19.2 Å². The number of carbonyl (C=O) groups excluding carboxylic acids is 4. The summed E-state index contributed by atoms with van der Waals surface area (Å²) in [6.07, 6.45) is 0.126. The molecule has 1 unspecified atom stereocenters. The van der Waals surface area contributed by atoms with Crippen LogP contribution in [0.2, 0.25) is 0 Å². The van der Waals surface area contributed by atoms with Crippen LogP contribution in [-0.4, -0.2) is 28.2 Å². The monoisotopic (exact) mass is 538 g/mol. The minimum Gasteiger partial charge on any atom is -0.507 e. The lowest BCUT2D eigenvalue weighted by Gasteiger charge is -2.19. The zero-order valence-electron chi connectivity index (χ0n) is 22.8. The van der Waals surface area contributed by atoms with Gasteiger partial charge in [0, 0.05) is 28.9 Å². The average molecular weight is 539 g/mol. The summed E-state index contributed by atoms with van der Waals surface area (Å²) in [5, 5.41) is 11.1. The number of carbonyl (C=O) groups is 4. The number of rotatable bonds is 5. The topological polar surface area (TPSA) is 119 Å². The molecule has 0 saturated heterocycles. The second-order valence-electron chi connectivity index (χ2n) is 10.8. The summed E-state index contributed by atoms with van der Waals surface area (Å²) in [7, 11) is 0. The van der Waals surface area contributed by atoms with Crippen molar-refractivity contribution in [1.29, 1.82) is 0 Å². The van der Waals surface area contributed by atoms with Crippen molar-refractivity contribution in [2.24, 2.45) is 11.3 Å². The molecule has 204 valence electrons. The molecule has 1 heterocycles. The summed E-state index contributed by atoms with van der Waals surface area (Å²) in [6.45, 7) is 6.63. The van der Waals surface area contributed by atoms with Gasteiger partial charge >= 0.3 is 5.63 Å². The number of Topliss-reactive ketones (excluding diaryl/α,β-unsaturated/α-hetero) is 4. The number of aromatic hydroxyl groups is 1. The first-order valence-electron chi connectivity index (χ1n) is 12.9. The van der Waals surface area contributed by atoms with Gasteiger partial charge in [0.15, 0.2) is 17.3 Å². The van der Waals surface area contributed by atoms with Gasteiger partial charge in [0.05, 0.1) is 10.9 Å². The standard InChI is InChI=1S/C19H16O4.C14H14O3/c1-12(20)11-15(13-7-3-2-4-8-13)17-18(21)14-9-5-6-10-16(14)23-19(17)22;1-14(2,3)13(17)10-11(15)8-6-4-5-7-9(8)12(10)16/h2-10,15,21H,11H2,1H3;4-7,10H,1-3H3. The van der Waals surface area contributed by atoms with Gasteiger partial charge in [-0.2, -0.15) is 0 Å². The third-order valence-electron chi connectivity index (χ3n) is 6.85. The summed E-state index contributed by atoms with van der Waals surface area (Å²) >= 11 is 0. The SMILES string of the molecule is CC(=O)CC(c1ccccc1)c1c(O)c2ccccc2oc1=O.CC(C)(C)C(=O)C1C(=O)c2ccccc2C1=O. The lowest BCUT2D eigenvalue weighted by Crippen LogP contribution is -2.34. The molecule has 0 spiro atoms. The van der Waals surface area contributed by atoms with Crippen LogP contribution >= 0.6 is 0 Å². The molecular weight excluding hydrogens is 508 g/mol. The number of fused-ring (bicyclic) bond motifs is 2. The second-order valence-corrected chi connectivity index (χ2v) is 10.8.